The molecule has 0 radical (unpaired) electrons. The van der Waals surface area contributed by atoms with Crippen LogP contribution in [0.3, 0.4) is 0 Å². The van der Waals surface area contributed by atoms with Crippen molar-refractivity contribution >= 4 is 17.7 Å². The molecule has 1 fully saturated rings. The highest BCUT2D eigenvalue weighted by Gasteiger charge is 2.32. The normalized spacial score (nSPS) is 16.9. The summed E-state index contributed by atoms with van der Waals surface area (Å²) in [6.45, 7) is 0.876. The summed E-state index contributed by atoms with van der Waals surface area (Å²) in [6.07, 6.45) is -3.83. The number of benzene rings is 1. The van der Waals surface area contributed by atoms with Crippen molar-refractivity contribution in [1.82, 2.24) is 4.90 Å². The SMILES string of the molecule is O=C(c1cc(C(F)(F)F)ccc1F)N1CCCSCC1. The predicted molar refractivity (Wildman–Crippen MR) is 69.2 cm³/mol. The van der Waals surface area contributed by atoms with E-state index in [2.05, 4.69) is 0 Å². The minimum absolute atomic E-state index is 0.430. The van der Waals surface area contributed by atoms with E-state index in [1.54, 1.807) is 11.8 Å². The molecule has 1 aliphatic rings. The lowest BCUT2D eigenvalue weighted by Crippen LogP contribution is -2.33. The van der Waals surface area contributed by atoms with Crippen molar-refractivity contribution in [1.29, 1.82) is 0 Å². The third kappa shape index (κ3) is 3.45. The molecule has 0 N–H and O–H groups in total. The van der Waals surface area contributed by atoms with Gasteiger partial charge in [0.1, 0.15) is 5.82 Å². The molecule has 2 nitrogen and oxygen atoms in total. The Hall–Kier alpha value is -1.24. The first kappa shape index (κ1) is 15.2. The first-order chi connectivity index (χ1) is 9.39. The van der Waals surface area contributed by atoms with Crippen LogP contribution in [-0.4, -0.2) is 35.4 Å². The van der Waals surface area contributed by atoms with Crippen LogP contribution in [0.2, 0.25) is 0 Å². The summed E-state index contributed by atoms with van der Waals surface area (Å²) >= 11 is 1.68. The van der Waals surface area contributed by atoms with Crippen molar-refractivity contribution in [3.05, 3.63) is 35.1 Å². The quantitative estimate of drug-likeness (QED) is 0.741. The number of rotatable bonds is 1. The molecule has 0 atom stereocenters. The third-order valence-corrected chi connectivity index (χ3v) is 4.08. The van der Waals surface area contributed by atoms with Crippen LogP contribution in [0.1, 0.15) is 22.3 Å². The summed E-state index contributed by atoms with van der Waals surface area (Å²) in [5, 5.41) is 0. The Morgan fingerprint density at radius 2 is 1.95 bits per heavy atom. The van der Waals surface area contributed by atoms with Crippen LogP contribution in [0.25, 0.3) is 0 Å². The molecule has 1 aliphatic heterocycles. The van der Waals surface area contributed by atoms with E-state index >= 15 is 0 Å². The van der Waals surface area contributed by atoms with Gasteiger partial charge in [-0.2, -0.15) is 24.9 Å². The molecule has 1 saturated heterocycles. The van der Waals surface area contributed by atoms with Crippen LogP contribution in [-0.2, 0) is 6.18 Å². The minimum Gasteiger partial charge on any atom is -0.338 e. The van der Waals surface area contributed by atoms with E-state index in [1.807, 2.05) is 0 Å². The summed E-state index contributed by atoms with van der Waals surface area (Å²) in [7, 11) is 0. The number of alkyl halides is 3. The Kier molecular flexibility index (Phi) is 4.57. The number of halogens is 4. The topological polar surface area (TPSA) is 20.3 Å². The van der Waals surface area contributed by atoms with Crippen LogP contribution in [0, 0.1) is 5.82 Å². The zero-order chi connectivity index (χ0) is 14.8. The van der Waals surface area contributed by atoms with E-state index in [0.29, 0.717) is 37.0 Å². The van der Waals surface area contributed by atoms with Gasteiger partial charge in [0, 0.05) is 18.8 Å². The van der Waals surface area contributed by atoms with Crippen molar-refractivity contribution < 1.29 is 22.4 Å². The molecule has 1 aromatic carbocycles. The van der Waals surface area contributed by atoms with Crippen LogP contribution < -0.4 is 0 Å². The first-order valence-corrected chi connectivity index (χ1v) is 7.29. The molecule has 2 rings (SSSR count). The van der Waals surface area contributed by atoms with Crippen LogP contribution in [0.15, 0.2) is 18.2 Å². The lowest BCUT2D eigenvalue weighted by atomic mass is 10.1. The Labute approximate surface area is 118 Å². The number of carbonyl (C=O) groups excluding carboxylic acids is 1. The summed E-state index contributed by atoms with van der Waals surface area (Å²) in [4.78, 5) is 13.6. The molecule has 7 heteroatoms. The van der Waals surface area contributed by atoms with Crippen LogP contribution in [0.4, 0.5) is 17.6 Å². The molecule has 1 heterocycles. The van der Waals surface area contributed by atoms with Gasteiger partial charge in [-0.1, -0.05) is 0 Å². The molecule has 0 bridgehead atoms. The second-order valence-corrected chi connectivity index (χ2v) is 5.68. The lowest BCUT2D eigenvalue weighted by molar-refractivity contribution is -0.137. The number of amides is 1. The predicted octanol–water partition coefficient (Wildman–Crippen LogP) is 3.42. The van der Waals surface area contributed by atoms with Gasteiger partial charge in [-0.25, -0.2) is 4.39 Å². The van der Waals surface area contributed by atoms with Gasteiger partial charge in [0.05, 0.1) is 11.1 Å². The minimum atomic E-state index is -4.59. The molecular weight excluding hydrogens is 294 g/mol. The molecule has 0 saturated carbocycles. The molecule has 0 spiro atoms. The van der Waals surface area contributed by atoms with E-state index in [1.165, 1.54) is 4.90 Å². The van der Waals surface area contributed by atoms with Gasteiger partial charge in [0.15, 0.2) is 0 Å². The van der Waals surface area contributed by atoms with Gasteiger partial charge in [-0.3, -0.25) is 4.79 Å². The standard InChI is InChI=1S/C13H13F4NOS/c14-11-3-2-9(13(15,16)17)8-10(11)12(19)18-4-1-6-20-7-5-18/h2-3,8H,1,4-7H2. The van der Waals surface area contributed by atoms with Crippen LogP contribution >= 0.6 is 11.8 Å². The molecule has 0 unspecified atom stereocenters. The Morgan fingerprint density at radius 1 is 1.20 bits per heavy atom. The van der Waals surface area contributed by atoms with Crippen LogP contribution in [0.5, 0.6) is 0 Å². The first-order valence-electron chi connectivity index (χ1n) is 6.13. The molecular formula is C13H13F4NOS. The average molecular weight is 307 g/mol. The highest BCUT2D eigenvalue weighted by atomic mass is 32.2. The maximum atomic E-state index is 13.6. The molecule has 0 aliphatic carbocycles. The summed E-state index contributed by atoms with van der Waals surface area (Å²) < 4.78 is 51.5. The number of thioether (sulfide) groups is 1. The van der Waals surface area contributed by atoms with Gasteiger partial charge in [0.2, 0.25) is 0 Å². The monoisotopic (exact) mass is 307 g/mol. The summed E-state index contributed by atoms with van der Waals surface area (Å²) in [6, 6.07) is 1.93. The molecule has 1 amide bonds. The van der Waals surface area contributed by atoms with E-state index < -0.39 is 29.0 Å². The third-order valence-electron chi connectivity index (χ3n) is 3.03. The van der Waals surface area contributed by atoms with Crippen molar-refractivity contribution in [3.63, 3.8) is 0 Å². The number of hydrogen-bond donors (Lipinski definition) is 0. The number of nitrogens with zero attached hydrogens (tertiary/aromatic N) is 1. The fourth-order valence-corrected chi connectivity index (χ4v) is 2.87. The van der Waals surface area contributed by atoms with Gasteiger partial charge < -0.3 is 4.90 Å². The van der Waals surface area contributed by atoms with E-state index in [0.717, 1.165) is 12.2 Å². The van der Waals surface area contributed by atoms with Gasteiger partial charge >= 0.3 is 6.18 Å². The molecule has 1 aromatic rings. The zero-order valence-corrected chi connectivity index (χ0v) is 11.4. The molecule has 0 aromatic heterocycles. The lowest BCUT2D eigenvalue weighted by Gasteiger charge is -2.20. The summed E-state index contributed by atoms with van der Waals surface area (Å²) in [5.41, 5.74) is -1.52. The smallest absolute Gasteiger partial charge is 0.338 e. The van der Waals surface area contributed by atoms with Gasteiger partial charge in [-0.15, -0.1) is 0 Å². The zero-order valence-electron chi connectivity index (χ0n) is 10.5. The highest BCUT2D eigenvalue weighted by molar-refractivity contribution is 7.99. The van der Waals surface area contributed by atoms with Crippen molar-refractivity contribution in [2.75, 3.05) is 24.6 Å². The van der Waals surface area contributed by atoms with Crippen molar-refractivity contribution in [3.8, 4) is 0 Å². The van der Waals surface area contributed by atoms with E-state index in [9.17, 15) is 22.4 Å². The number of hydrogen-bond acceptors (Lipinski definition) is 2. The second kappa shape index (κ2) is 6.03. The number of carbonyl (C=O) groups is 1. The molecule has 20 heavy (non-hydrogen) atoms. The maximum Gasteiger partial charge on any atom is 0.416 e. The second-order valence-electron chi connectivity index (χ2n) is 4.45. The van der Waals surface area contributed by atoms with Crippen molar-refractivity contribution in [2.45, 2.75) is 12.6 Å². The average Bonchev–Trinajstić information content (AvgIpc) is 2.66. The Morgan fingerprint density at radius 3 is 2.65 bits per heavy atom. The summed E-state index contributed by atoms with van der Waals surface area (Å²) in [5.74, 6) is 0.0252. The maximum absolute atomic E-state index is 13.6. The fourth-order valence-electron chi connectivity index (χ4n) is 1.99. The highest BCUT2D eigenvalue weighted by Crippen LogP contribution is 2.30. The fraction of sp³-hybridized carbons (Fsp3) is 0.462. The Bertz CT molecular complexity index is 496. The van der Waals surface area contributed by atoms with E-state index in [4.69, 9.17) is 0 Å². The van der Waals surface area contributed by atoms with Crippen molar-refractivity contribution in [2.24, 2.45) is 0 Å². The Balaban J connectivity index is 2.28. The van der Waals surface area contributed by atoms with E-state index in [-0.39, 0.29) is 0 Å². The molecule has 110 valence electrons. The van der Waals surface area contributed by atoms with Gasteiger partial charge in [-0.05, 0) is 30.4 Å². The van der Waals surface area contributed by atoms with Gasteiger partial charge in [0.25, 0.3) is 5.91 Å². The largest absolute Gasteiger partial charge is 0.416 e.